The van der Waals surface area contributed by atoms with Gasteiger partial charge in [-0.05, 0) is 13.8 Å². The van der Waals surface area contributed by atoms with Gasteiger partial charge >= 0.3 is 0 Å². The number of hydrogen-bond acceptors (Lipinski definition) is 2. The monoisotopic (exact) mass is 244 g/mol. The Kier molecular flexibility index (Phi) is 5.83. The molecule has 0 rings (SSSR count). The van der Waals surface area contributed by atoms with Gasteiger partial charge in [-0.3, -0.25) is 0 Å². The number of aliphatic hydroxyl groups is 1. The highest BCUT2D eigenvalue weighted by molar-refractivity contribution is 14.1. The van der Waals surface area contributed by atoms with Crippen LogP contribution < -0.4 is 0 Å². The van der Waals surface area contributed by atoms with E-state index in [1.165, 1.54) is 0 Å². The minimum atomic E-state index is -0.298. The third-order valence-electron chi connectivity index (χ3n) is 0.800. The van der Waals surface area contributed by atoms with Crippen LogP contribution in [0.4, 0.5) is 0 Å². The number of aliphatic hydroxyl groups excluding tert-OH is 1. The second-order valence-electron chi connectivity index (χ2n) is 2.19. The van der Waals surface area contributed by atoms with Crippen LogP contribution in [0.15, 0.2) is 0 Å². The van der Waals surface area contributed by atoms with E-state index in [4.69, 9.17) is 9.84 Å². The van der Waals surface area contributed by atoms with Crippen molar-refractivity contribution >= 4 is 22.6 Å². The summed E-state index contributed by atoms with van der Waals surface area (Å²) in [5, 5.41) is 8.97. The average molecular weight is 244 g/mol. The molecular formula is C6H13IO2. The van der Waals surface area contributed by atoms with Crippen molar-refractivity contribution in [1.29, 1.82) is 0 Å². The summed E-state index contributed by atoms with van der Waals surface area (Å²) < 4.78 is 5.88. The van der Waals surface area contributed by atoms with Crippen LogP contribution in [-0.2, 0) is 4.74 Å². The Balaban J connectivity index is 3.06. The van der Waals surface area contributed by atoms with Crippen molar-refractivity contribution in [3.05, 3.63) is 0 Å². The molecular weight excluding hydrogens is 231 g/mol. The maximum Gasteiger partial charge on any atom is 0.0862 e. The van der Waals surface area contributed by atoms with E-state index in [1.54, 1.807) is 0 Å². The highest BCUT2D eigenvalue weighted by atomic mass is 127. The topological polar surface area (TPSA) is 29.5 Å². The molecule has 0 saturated heterocycles. The first-order valence-corrected chi connectivity index (χ1v) is 4.55. The molecule has 1 atom stereocenters. The van der Waals surface area contributed by atoms with Crippen LogP contribution in [0.5, 0.6) is 0 Å². The molecule has 1 unspecified atom stereocenters. The molecule has 0 aliphatic carbocycles. The summed E-state index contributed by atoms with van der Waals surface area (Å²) in [6.07, 6.45) is -0.0735. The fraction of sp³-hybridized carbons (Fsp3) is 1.00. The summed E-state index contributed by atoms with van der Waals surface area (Å²) in [5.74, 6) is 0. The van der Waals surface area contributed by atoms with Crippen LogP contribution in [0.25, 0.3) is 0 Å². The molecule has 2 nitrogen and oxygen atoms in total. The maximum absolute atomic E-state index is 8.97. The van der Waals surface area contributed by atoms with Crippen LogP contribution in [0.1, 0.15) is 13.8 Å². The molecule has 0 saturated carbocycles. The highest BCUT2D eigenvalue weighted by Gasteiger charge is 2.01. The summed E-state index contributed by atoms with van der Waals surface area (Å²) in [7, 11) is 0. The largest absolute Gasteiger partial charge is 0.390 e. The van der Waals surface area contributed by atoms with Crippen molar-refractivity contribution in [1.82, 2.24) is 0 Å². The van der Waals surface area contributed by atoms with Gasteiger partial charge in [0.25, 0.3) is 0 Å². The molecule has 9 heavy (non-hydrogen) atoms. The van der Waals surface area contributed by atoms with E-state index >= 15 is 0 Å². The van der Waals surface area contributed by atoms with Crippen molar-refractivity contribution in [2.75, 3.05) is 11.0 Å². The lowest BCUT2D eigenvalue weighted by Gasteiger charge is -2.09. The van der Waals surface area contributed by atoms with Crippen molar-refractivity contribution in [3.8, 4) is 0 Å². The Bertz CT molecular complexity index is 66.1. The molecule has 0 heterocycles. The molecule has 1 N–H and O–H groups in total. The first kappa shape index (κ1) is 9.65. The fourth-order valence-corrected chi connectivity index (χ4v) is 0.602. The molecule has 56 valence electrons. The number of rotatable bonds is 4. The zero-order chi connectivity index (χ0) is 7.28. The number of hydrogen-bond donors (Lipinski definition) is 1. The summed E-state index contributed by atoms with van der Waals surface area (Å²) in [4.78, 5) is 0. The van der Waals surface area contributed by atoms with Gasteiger partial charge in [0.2, 0.25) is 0 Å². The highest BCUT2D eigenvalue weighted by Crippen LogP contribution is 1.94. The lowest BCUT2D eigenvalue weighted by atomic mass is 10.4. The lowest BCUT2D eigenvalue weighted by molar-refractivity contribution is 0.0163. The van der Waals surface area contributed by atoms with Gasteiger partial charge in [-0.2, -0.15) is 0 Å². The predicted molar refractivity (Wildman–Crippen MR) is 46.0 cm³/mol. The predicted octanol–water partition coefficient (Wildman–Crippen LogP) is 1.21. The Morgan fingerprint density at radius 2 is 2.11 bits per heavy atom. The molecule has 0 amide bonds. The molecule has 0 aromatic heterocycles. The number of alkyl halides is 1. The van der Waals surface area contributed by atoms with Gasteiger partial charge in [0, 0.05) is 4.43 Å². The fourth-order valence-electron chi connectivity index (χ4n) is 0.348. The zero-order valence-electron chi connectivity index (χ0n) is 5.80. The number of halogens is 1. The minimum absolute atomic E-state index is 0.225. The molecule has 0 aromatic rings. The third kappa shape index (κ3) is 6.54. The van der Waals surface area contributed by atoms with Gasteiger partial charge in [-0.1, -0.05) is 22.6 Å². The Morgan fingerprint density at radius 1 is 1.56 bits per heavy atom. The van der Waals surface area contributed by atoms with Crippen LogP contribution in [0.2, 0.25) is 0 Å². The zero-order valence-corrected chi connectivity index (χ0v) is 7.96. The normalized spacial score (nSPS) is 14.3. The SMILES string of the molecule is CC(C)OCC(O)CI. The molecule has 0 radical (unpaired) electrons. The van der Waals surface area contributed by atoms with E-state index in [9.17, 15) is 0 Å². The van der Waals surface area contributed by atoms with Crippen LogP contribution in [0.3, 0.4) is 0 Å². The molecule has 0 bridgehead atoms. The third-order valence-corrected chi connectivity index (χ3v) is 1.82. The first-order chi connectivity index (χ1) is 4.16. The van der Waals surface area contributed by atoms with E-state index < -0.39 is 0 Å². The van der Waals surface area contributed by atoms with Crippen LogP contribution in [-0.4, -0.2) is 28.3 Å². The van der Waals surface area contributed by atoms with Crippen LogP contribution in [0, 0.1) is 0 Å². The molecule has 3 heteroatoms. The molecule has 0 aliphatic heterocycles. The molecule has 0 spiro atoms. The van der Waals surface area contributed by atoms with Gasteiger partial charge in [0.15, 0.2) is 0 Å². The van der Waals surface area contributed by atoms with E-state index in [0.29, 0.717) is 6.61 Å². The number of ether oxygens (including phenoxy) is 1. The standard InChI is InChI=1S/C6H13IO2/c1-5(2)9-4-6(8)3-7/h5-6,8H,3-4H2,1-2H3. The van der Waals surface area contributed by atoms with Gasteiger partial charge in [0.05, 0.1) is 18.8 Å². The molecule has 0 fully saturated rings. The summed E-state index contributed by atoms with van der Waals surface area (Å²) >= 11 is 2.13. The van der Waals surface area contributed by atoms with E-state index in [1.807, 2.05) is 13.8 Å². The lowest BCUT2D eigenvalue weighted by Crippen LogP contribution is -2.19. The second-order valence-corrected chi connectivity index (χ2v) is 3.07. The van der Waals surface area contributed by atoms with Gasteiger partial charge in [-0.25, -0.2) is 0 Å². The van der Waals surface area contributed by atoms with E-state index in [0.717, 1.165) is 4.43 Å². The summed E-state index contributed by atoms with van der Waals surface area (Å²) in [6.45, 7) is 4.38. The first-order valence-electron chi connectivity index (χ1n) is 3.02. The smallest absolute Gasteiger partial charge is 0.0862 e. The quantitative estimate of drug-likeness (QED) is 0.595. The summed E-state index contributed by atoms with van der Waals surface area (Å²) in [5.41, 5.74) is 0. The van der Waals surface area contributed by atoms with Crippen molar-refractivity contribution in [2.24, 2.45) is 0 Å². The van der Waals surface area contributed by atoms with Crippen molar-refractivity contribution in [2.45, 2.75) is 26.1 Å². The van der Waals surface area contributed by atoms with Gasteiger partial charge in [-0.15, -0.1) is 0 Å². The van der Waals surface area contributed by atoms with E-state index in [2.05, 4.69) is 22.6 Å². The van der Waals surface area contributed by atoms with Gasteiger partial charge in [0.1, 0.15) is 0 Å². The van der Waals surface area contributed by atoms with Crippen LogP contribution >= 0.6 is 22.6 Å². The summed E-state index contributed by atoms with van der Waals surface area (Å²) in [6, 6.07) is 0. The van der Waals surface area contributed by atoms with Crippen molar-refractivity contribution in [3.63, 3.8) is 0 Å². The second kappa shape index (κ2) is 5.44. The van der Waals surface area contributed by atoms with E-state index in [-0.39, 0.29) is 12.2 Å². The van der Waals surface area contributed by atoms with Crippen molar-refractivity contribution < 1.29 is 9.84 Å². The Labute approximate surface area is 69.7 Å². The Morgan fingerprint density at radius 3 is 2.44 bits per heavy atom. The Hall–Kier alpha value is 0.650. The average Bonchev–Trinajstić information content (AvgIpc) is 1.83. The van der Waals surface area contributed by atoms with Gasteiger partial charge < -0.3 is 9.84 Å². The molecule has 0 aliphatic rings. The maximum atomic E-state index is 8.97. The minimum Gasteiger partial charge on any atom is -0.390 e. The molecule has 0 aromatic carbocycles.